The van der Waals surface area contributed by atoms with Gasteiger partial charge < -0.3 is 4.74 Å². The molecule has 0 saturated heterocycles. The van der Waals surface area contributed by atoms with Crippen molar-refractivity contribution < 1.29 is 4.74 Å². The largest absolute Gasteiger partial charge is 0.359 e. The van der Waals surface area contributed by atoms with E-state index in [9.17, 15) is 0 Å². The Hall–Kier alpha value is -0.203. The topological polar surface area (TPSA) is 39.9 Å². The molecule has 1 heterocycles. The first kappa shape index (κ1) is 15.9. The average Bonchev–Trinajstić information content (AvgIpc) is 2.53. The third kappa shape index (κ3) is 5.20. The summed E-state index contributed by atoms with van der Waals surface area (Å²) in [6.45, 7) is 14.6. The third-order valence-corrected chi connectivity index (χ3v) is 4.80. The predicted molar refractivity (Wildman–Crippen MR) is 80.5 cm³/mol. The minimum absolute atomic E-state index is 0.0356. The second kappa shape index (κ2) is 5.84. The van der Waals surface area contributed by atoms with Crippen molar-refractivity contribution in [3.63, 3.8) is 0 Å². The van der Waals surface area contributed by atoms with Gasteiger partial charge in [-0.05, 0) is 22.0 Å². The highest BCUT2D eigenvalue weighted by atomic mass is 79.9. The standard InChI is InChI=1S/C12H24BrN3OSi/c1-12(2,3)10-14-11(13)16(15-10)9-17-7-8-18(4,5)6/h7-9H2,1-6H3. The molecular weight excluding hydrogens is 310 g/mol. The molecule has 4 nitrogen and oxygen atoms in total. The quantitative estimate of drug-likeness (QED) is 0.609. The first-order chi connectivity index (χ1) is 8.09. The summed E-state index contributed by atoms with van der Waals surface area (Å²) in [5, 5.41) is 4.46. The van der Waals surface area contributed by atoms with Crippen molar-refractivity contribution in [3.8, 4) is 0 Å². The molecule has 0 aliphatic heterocycles. The van der Waals surface area contributed by atoms with Crippen molar-refractivity contribution in [2.45, 2.75) is 58.6 Å². The fourth-order valence-corrected chi connectivity index (χ4v) is 2.36. The number of rotatable bonds is 5. The molecule has 0 fully saturated rings. The monoisotopic (exact) mass is 333 g/mol. The molecule has 0 aliphatic carbocycles. The summed E-state index contributed by atoms with van der Waals surface area (Å²) in [6, 6.07) is 1.17. The summed E-state index contributed by atoms with van der Waals surface area (Å²) in [4.78, 5) is 4.41. The summed E-state index contributed by atoms with van der Waals surface area (Å²) in [6.07, 6.45) is 0. The number of nitrogens with zero attached hydrogens (tertiary/aromatic N) is 3. The van der Waals surface area contributed by atoms with Crippen LogP contribution in [0.5, 0.6) is 0 Å². The third-order valence-electron chi connectivity index (χ3n) is 2.51. The smallest absolute Gasteiger partial charge is 0.197 e. The van der Waals surface area contributed by atoms with Crippen molar-refractivity contribution in [2.24, 2.45) is 0 Å². The summed E-state index contributed by atoms with van der Waals surface area (Å²) >= 11 is 3.42. The molecule has 104 valence electrons. The number of halogens is 1. The van der Waals surface area contributed by atoms with Gasteiger partial charge in [-0.1, -0.05) is 40.4 Å². The highest BCUT2D eigenvalue weighted by Gasteiger charge is 2.21. The van der Waals surface area contributed by atoms with Crippen LogP contribution < -0.4 is 0 Å². The average molecular weight is 334 g/mol. The Kier molecular flexibility index (Phi) is 5.14. The molecule has 0 spiro atoms. The van der Waals surface area contributed by atoms with Crippen LogP contribution in [0.15, 0.2) is 4.73 Å². The maximum atomic E-state index is 5.67. The molecule has 6 heteroatoms. The first-order valence-corrected chi connectivity index (χ1v) is 10.8. The molecule has 1 aromatic rings. The van der Waals surface area contributed by atoms with Gasteiger partial charge in [0.05, 0.1) is 0 Å². The van der Waals surface area contributed by atoms with Crippen molar-refractivity contribution >= 4 is 24.0 Å². The first-order valence-electron chi connectivity index (χ1n) is 6.28. The molecule has 0 aliphatic rings. The maximum absolute atomic E-state index is 5.67. The lowest BCUT2D eigenvalue weighted by atomic mass is 9.96. The number of aromatic nitrogens is 3. The van der Waals surface area contributed by atoms with Crippen LogP contribution in [-0.2, 0) is 16.9 Å². The number of hydrogen-bond acceptors (Lipinski definition) is 3. The van der Waals surface area contributed by atoms with E-state index in [1.165, 1.54) is 6.04 Å². The van der Waals surface area contributed by atoms with Crippen LogP contribution in [0.25, 0.3) is 0 Å². The van der Waals surface area contributed by atoms with Gasteiger partial charge in [-0.25, -0.2) is 9.67 Å². The van der Waals surface area contributed by atoms with Crippen molar-refractivity contribution in [3.05, 3.63) is 10.6 Å². The fourth-order valence-electron chi connectivity index (χ4n) is 1.25. The van der Waals surface area contributed by atoms with E-state index in [-0.39, 0.29) is 5.41 Å². The zero-order chi connectivity index (χ0) is 14.0. The van der Waals surface area contributed by atoms with E-state index < -0.39 is 8.07 Å². The van der Waals surface area contributed by atoms with E-state index in [2.05, 4.69) is 66.4 Å². The van der Waals surface area contributed by atoms with Gasteiger partial charge in [0.15, 0.2) is 10.6 Å². The van der Waals surface area contributed by atoms with Gasteiger partial charge in [0, 0.05) is 20.1 Å². The number of ether oxygens (including phenoxy) is 1. The number of hydrogen-bond donors (Lipinski definition) is 0. The summed E-state index contributed by atoms with van der Waals surface area (Å²) in [5.74, 6) is 0.836. The van der Waals surface area contributed by atoms with Gasteiger partial charge in [-0.2, -0.15) is 5.10 Å². The van der Waals surface area contributed by atoms with Crippen LogP contribution in [0, 0.1) is 0 Å². The van der Waals surface area contributed by atoms with Crippen molar-refractivity contribution in [2.75, 3.05) is 6.61 Å². The summed E-state index contributed by atoms with van der Waals surface area (Å²) in [7, 11) is -1.02. The molecule has 18 heavy (non-hydrogen) atoms. The normalized spacial score (nSPS) is 13.1. The molecule has 0 unspecified atom stereocenters. The molecule has 0 atom stereocenters. The van der Waals surface area contributed by atoms with Crippen LogP contribution in [0.4, 0.5) is 0 Å². The van der Waals surface area contributed by atoms with Crippen LogP contribution in [0.2, 0.25) is 25.7 Å². The second-order valence-corrected chi connectivity index (χ2v) is 13.1. The molecule has 0 aromatic carbocycles. The van der Waals surface area contributed by atoms with E-state index in [1.54, 1.807) is 4.68 Å². The summed E-state index contributed by atoms with van der Waals surface area (Å²) < 4.78 is 8.17. The molecule has 0 radical (unpaired) electrons. The Morgan fingerprint density at radius 3 is 2.33 bits per heavy atom. The Balaban J connectivity index is 2.51. The van der Waals surface area contributed by atoms with Gasteiger partial charge in [0.1, 0.15) is 6.73 Å². The Morgan fingerprint density at radius 1 is 1.28 bits per heavy atom. The van der Waals surface area contributed by atoms with E-state index in [1.807, 2.05) is 0 Å². The Bertz CT molecular complexity index is 393. The lowest BCUT2D eigenvalue weighted by Crippen LogP contribution is -2.22. The maximum Gasteiger partial charge on any atom is 0.197 e. The molecule has 0 saturated carbocycles. The Morgan fingerprint density at radius 2 is 1.89 bits per heavy atom. The van der Waals surface area contributed by atoms with Gasteiger partial charge in [-0.3, -0.25) is 0 Å². The zero-order valence-corrected chi connectivity index (χ0v) is 14.8. The molecule has 0 amide bonds. The van der Waals surface area contributed by atoms with Crippen LogP contribution in [0.1, 0.15) is 26.6 Å². The fraction of sp³-hybridized carbons (Fsp3) is 0.833. The lowest BCUT2D eigenvalue weighted by Gasteiger charge is -2.15. The van der Waals surface area contributed by atoms with E-state index in [4.69, 9.17) is 4.74 Å². The van der Waals surface area contributed by atoms with Crippen LogP contribution >= 0.6 is 15.9 Å². The molecule has 0 bridgehead atoms. The lowest BCUT2D eigenvalue weighted by molar-refractivity contribution is 0.0762. The molecule has 0 N–H and O–H groups in total. The van der Waals surface area contributed by atoms with Crippen molar-refractivity contribution in [1.82, 2.24) is 14.8 Å². The SMILES string of the molecule is CC(C)(C)c1nc(Br)n(COCC[Si](C)(C)C)n1. The van der Waals surface area contributed by atoms with E-state index in [0.29, 0.717) is 6.73 Å². The van der Waals surface area contributed by atoms with Gasteiger partial charge >= 0.3 is 0 Å². The molecule has 1 rings (SSSR count). The highest BCUT2D eigenvalue weighted by molar-refractivity contribution is 9.10. The molecular formula is C12H24BrN3OSi. The second-order valence-electron chi connectivity index (χ2n) is 6.80. The van der Waals surface area contributed by atoms with Crippen LogP contribution in [0.3, 0.4) is 0 Å². The summed E-state index contributed by atoms with van der Waals surface area (Å²) in [5.41, 5.74) is -0.0356. The van der Waals surface area contributed by atoms with E-state index >= 15 is 0 Å². The van der Waals surface area contributed by atoms with Gasteiger partial charge in [0.25, 0.3) is 0 Å². The minimum atomic E-state index is -1.02. The van der Waals surface area contributed by atoms with Crippen molar-refractivity contribution in [1.29, 1.82) is 0 Å². The van der Waals surface area contributed by atoms with Gasteiger partial charge in [0.2, 0.25) is 0 Å². The minimum Gasteiger partial charge on any atom is -0.359 e. The predicted octanol–water partition coefficient (Wildman–Crippen LogP) is 3.65. The zero-order valence-electron chi connectivity index (χ0n) is 12.2. The highest BCUT2D eigenvalue weighted by Crippen LogP contribution is 2.20. The van der Waals surface area contributed by atoms with Crippen LogP contribution in [-0.4, -0.2) is 29.4 Å². The Labute approximate surface area is 119 Å². The molecule has 1 aromatic heterocycles. The van der Waals surface area contributed by atoms with Gasteiger partial charge in [-0.15, -0.1) is 0 Å². The van der Waals surface area contributed by atoms with E-state index in [0.717, 1.165) is 17.2 Å².